The molecule has 4 nitrogen and oxygen atoms in total. The van der Waals surface area contributed by atoms with E-state index in [2.05, 4.69) is 12.2 Å². The molecular weight excluding hydrogens is 204 g/mol. The van der Waals surface area contributed by atoms with E-state index >= 15 is 0 Å². The number of urea groups is 1. The minimum absolute atomic E-state index is 0.0997. The van der Waals surface area contributed by atoms with Gasteiger partial charge in [-0.3, -0.25) is 0 Å². The minimum Gasteiger partial charge on any atom is -0.385 e. The van der Waals surface area contributed by atoms with Crippen LogP contribution in [-0.4, -0.2) is 43.8 Å². The Labute approximate surface area is 98.3 Å². The smallest absolute Gasteiger partial charge is 0.317 e. The minimum atomic E-state index is 0.0997. The summed E-state index contributed by atoms with van der Waals surface area (Å²) in [5.74, 6) is 0. The molecule has 0 aliphatic carbocycles. The van der Waals surface area contributed by atoms with E-state index in [0.717, 1.165) is 32.2 Å². The van der Waals surface area contributed by atoms with Crippen molar-refractivity contribution in [3.05, 3.63) is 0 Å². The highest BCUT2D eigenvalue weighted by molar-refractivity contribution is 5.74. The van der Waals surface area contributed by atoms with Gasteiger partial charge in [-0.2, -0.15) is 0 Å². The summed E-state index contributed by atoms with van der Waals surface area (Å²) in [6.45, 7) is 4.48. The molecule has 0 bridgehead atoms. The third-order valence-electron chi connectivity index (χ3n) is 3.16. The number of rotatable bonds is 5. The fourth-order valence-corrected chi connectivity index (χ4v) is 2.21. The van der Waals surface area contributed by atoms with E-state index < -0.39 is 0 Å². The van der Waals surface area contributed by atoms with Crippen LogP contribution in [0.15, 0.2) is 0 Å². The molecule has 1 unspecified atom stereocenters. The number of hydrogen-bond acceptors (Lipinski definition) is 2. The van der Waals surface area contributed by atoms with Crippen LogP contribution in [0.25, 0.3) is 0 Å². The zero-order valence-electron chi connectivity index (χ0n) is 10.5. The van der Waals surface area contributed by atoms with Gasteiger partial charge in [0, 0.05) is 32.8 Å². The monoisotopic (exact) mass is 228 g/mol. The van der Waals surface area contributed by atoms with Crippen LogP contribution in [0.1, 0.15) is 39.0 Å². The standard InChI is InChI=1S/C12H24N2O2/c1-3-11-7-4-5-9-14(11)12(15)13-8-6-10-16-2/h11H,3-10H2,1-2H3,(H,13,15). The number of carbonyl (C=O) groups is 1. The molecule has 1 fully saturated rings. The summed E-state index contributed by atoms with van der Waals surface area (Å²) < 4.78 is 4.95. The second-order valence-corrected chi connectivity index (χ2v) is 4.33. The topological polar surface area (TPSA) is 41.6 Å². The lowest BCUT2D eigenvalue weighted by Crippen LogP contribution is -2.48. The number of nitrogens with zero attached hydrogens (tertiary/aromatic N) is 1. The highest BCUT2D eigenvalue weighted by Gasteiger charge is 2.24. The first kappa shape index (κ1) is 13.3. The van der Waals surface area contributed by atoms with Crippen molar-refractivity contribution in [2.45, 2.75) is 45.1 Å². The van der Waals surface area contributed by atoms with Crippen LogP contribution >= 0.6 is 0 Å². The van der Waals surface area contributed by atoms with Crippen molar-refractivity contribution in [1.82, 2.24) is 10.2 Å². The molecule has 4 heteroatoms. The maximum absolute atomic E-state index is 11.9. The van der Waals surface area contributed by atoms with Crippen molar-refractivity contribution in [2.24, 2.45) is 0 Å². The van der Waals surface area contributed by atoms with Gasteiger partial charge in [0.2, 0.25) is 0 Å². The van der Waals surface area contributed by atoms with E-state index in [4.69, 9.17) is 4.74 Å². The molecule has 0 aromatic heterocycles. The molecule has 0 radical (unpaired) electrons. The average Bonchev–Trinajstić information content (AvgIpc) is 2.34. The summed E-state index contributed by atoms with van der Waals surface area (Å²) >= 11 is 0. The van der Waals surface area contributed by atoms with Crippen LogP contribution in [0.2, 0.25) is 0 Å². The van der Waals surface area contributed by atoms with Crippen LogP contribution in [0.5, 0.6) is 0 Å². The summed E-state index contributed by atoms with van der Waals surface area (Å²) in [4.78, 5) is 13.9. The molecule has 1 heterocycles. The third kappa shape index (κ3) is 4.00. The van der Waals surface area contributed by atoms with Gasteiger partial charge in [-0.05, 0) is 32.1 Å². The second kappa shape index (κ2) is 7.49. The van der Waals surface area contributed by atoms with Crippen LogP contribution in [0.3, 0.4) is 0 Å². The Morgan fingerprint density at radius 2 is 2.31 bits per heavy atom. The van der Waals surface area contributed by atoms with Crippen LogP contribution in [0, 0.1) is 0 Å². The lowest BCUT2D eigenvalue weighted by Gasteiger charge is -2.35. The molecule has 1 N–H and O–H groups in total. The number of methoxy groups -OCH3 is 1. The summed E-state index contributed by atoms with van der Waals surface area (Å²) in [7, 11) is 1.68. The Kier molecular flexibility index (Phi) is 6.23. The third-order valence-corrected chi connectivity index (χ3v) is 3.16. The molecule has 0 saturated carbocycles. The van der Waals surface area contributed by atoms with Crippen molar-refractivity contribution in [2.75, 3.05) is 26.8 Å². The van der Waals surface area contributed by atoms with Crippen molar-refractivity contribution < 1.29 is 9.53 Å². The van der Waals surface area contributed by atoms with Crippen molar-refractivity contribution in [3.8, 4) is 0 Å². The lowest BCUT2D eigenvalue weighted by molar-refractivity contribution is 0.147. The van der Waals surface area contributed by atoms with Gasteiger partial charge >= 0.3 is 6.03 Å². The molecular formula is C12H24N2O2. The second-order valence-electron chi connectivity index (χ2n) is 4.33. The Morgan fingerprint density at radius 1 is 1.50 bits per heavy atom. The molecule has 0 spiro atoms. The number of carbonyl (C=O) groups excluding carboxylic acids is 1. The van der Waals surface area contributed by atoms with Gasteiger partial charge in [0.15, 0.2) is 0 Å². The molecule has 2 amide bonds. The van der Waals surface area contributed by atoms with Crippen LogP contribution in [0.4, 0.5) is 4.79 Å². The van der Waals surface area contributed by atoms with E-state index in [1.54, 1.807) is 7.11 Å². The van der Waals surface area contributed by atoms with Crippen LogP contribution in [-0.2, 0) is 4.74 Å². The van der Waals surface area contributed by atoms with Crippen LogP contribution < -0.4 is 5.32 Å². The molecule has 0 aromatic carbocycles. The summed E-state index contributed by atoms with van der Waals surface area (Å²) in [5.41, 5.74) is 0. The molecule has 94 valence electrons. The summed E-state index contributed by atoms with van der Waals surface area (Å²) in [6, 6.07) is 0.541. The quantitative estimate of drug-likeness (QED) is 0.731. The predicted molar refractivity (Wildman–Crippen MR) is 64.5 cm³/mol. The SMILES string of the molecule is CCC1CCCCN1C(=O)NCCCOC. The maximum Gasteiger partial charge on any atom is 0.317 e. The number of ether oxygens (including phenoxy) is 1. The number of piperidine rings is 1. The fraction of sp³-hybridized carbons (Fsp3) is 0.917. The van der Waals surface area contributed by atoms with E-state index in [1.807, 2.05) is 4.90 Å². The van der Waals surface area contributed by atoms with E-state index in [-0.39, 0.29) is 6.03 Å². The zero-order chi connectivity index (χ0) is 11.8. The molecule has 1 saturated heterocycles. The van der Waals surface area contributed by atoms with Gasteiger partial charge in [-0.1, -0.05) is 6.92 Å². The molecule has 1 aliphatic heterocycles. The summed E-state index contributed by atoms with van der Waals surface area (Å²) in [6.07, 6.45) is 5.49. The largest absolute Gasteiger partial charge is 0.385 e. The Balaban J connectivity index is 2.27. The normalized spacial score (nSPS) is 20.9. The van der Waals surface area contributed by atoms with Crippen molar-refractivity contribution >= 4 is 6.03 Å². The Bertz CT molecular complexity index is 209. The van der Waals surface area contributed by atoms with Crippen molar-refractivity contribution in [3.63, 3.8) is 0 Å². The van der Waals surface area contributed by atoms with Gasteiger partial charge in [0.1, 0.15) is 0 Å². The van der Waals surface area contributed by atoms with Gasteiger partial charge in [-0.15, -0.1) is 0 Å². The molecule has 1 atom stereocenters. The molecule has 1 rings (SSSR count). The Hall–Kier alpha value is -0.770. The zero-order valence-corrected chi connectivity index (χ0v) is 10.5. The average molecular weight is 228 g/mol. The highest BCUT2D eigenvalue weighted by atomic mass is 16.5. The first-order valence-corrected chi connectivity index (χ1v) is 6.33. The van der Waals surface area contributed by atoms with E-state index in [9.17, 15) is 4.79 Å². The van der Waals surface area contributed by atoms with Crippen molar-refractivity contribution in [1.29, 1.82) is 0 Å². The first-order chi connectivity index (χ1) is 7.79. The van der Waals surface area contributed by atoms with Gasteiger partial charge in [0.05, 0.1) is 0 Å². The maximum atomic E-state index is 11.9. The number of amides is 2. The van der Waals surface area contributed by atoms with Gasteiger partial charge < -0.3 is 15.0 Å². The highest BCUT2D eigenvalue weighted by Crippen LogP contribution is 2.19. The molecule has 1 aliphatic rings. The number of hydrogen-bond donors (Lipinski definition) is 1. The van der Waals surface area contributed by atoms with E-state index in [1.165, 1.54) is 6.42 Å². The number of nitrogens with one attached hydrogen (secondary N) is 1. The predicted octanol–water partition coefficient (Wildman–Crippen LogP) is 2.00. The number of likely N-dealkylation sites (tertiary alicyclic amines) is 1. The van der Waals surface area contributed by atoms with Gasteiger partial charge in [0.25, 0.3) is 0 Å². The molecule has 16 heavy (non-hydrogen) atoms. The first-order valence-electron chi connectivity index (χ1n) is 6.33. The lowest BCUT2D eigenvalue weighted by atomic mass is 10.0. The summed E-state index contributed by atoms with van der Waals surface area (Å²) in [5, 5.41) is 2.96. The molecule has 0 aromatic rings. The fourth-order valence-electron chi connectivity index (χ4n) is 2.21. The van der Waals surface area contributed by atoms with E-state index in [0.29, 0.717) is 19.2 Å². The Morgan fingerprint density at radius 3 is 3.00 bits per heavy atom. The van der Waals surface area contributed by atoms with Gasteiger partial charge in [-0.25, -0.2) is 4.79 Å².